The van der Waals surface area contributed by atoms with Crippen LogP contribution < -0.4 is 10.2 Å². The Morgan fingerprint density at radius 1 is 1.17 bits per heavy atom. The molecule has 0 spiro atoms. The third-order valence-electron chi connectivity index (χ3n) is 7.39. The Bertz CT molecular complexity index is 917. The molecule has 2 aliphatic carbocycles. The number of hydrogen-bond acceptors (Lipinski definition) is 6. The normalized spacial score (nSPS) is 23.1. The van der Waals surface area contributed by atoms with Gasteiger partial charge in [-0.15, -0.1) is 0 Å². The van der Waals surface area contributed by atoms with E-state index < -0.39 is 0 Å². The largest absolute Gasteiger partial charge is 0.396 e. The van der Waals surface area contributed by atoms with Crippen molar-refractivity contribution in [3.63, 3.8) is 0 Å². The van der Waals surface area contributed by atoms with Crippen molar-refractivity contribution in [2.75, 3.05) is 37.7 Å². The molecule has 2 unspecified atom stereocenters. The molecule has 0 radical (unpaired) electrons. The molecule has 1 saturated heterocycles. The molecule has 4 rings (SSSR count). The Morgan fingerprint density at radius 2 is 1.97 bits per heavy atom. The number of anilines is 1. The summed E-state index contributed by atoms with van der Waals surface area (Å²) in [6.07, 6.45) is 20.2. The number of aliphatic hydroxyl groups excluding tert-OH is 1. The van der Waals surface area contributed by atoms with Gasteiger partial charge in [0.15, 0.2) is 0 Å². The van der Waals surface area contributed by atoms with E-state index in [4.69, 9.17) is 9.84 Å². The molecule has 35 heavy (non-hydrogen) atoms. The summed E-state index contributed by atoms with van der Waals surface area (Å²) >= 11 is 0. The van der Waals surface area contributed by atoms with Gasteiger partial charge in [0.05, 0.1) is 12.7 Å². The van der Waals surface area contributed by atoms with E-state index >= 15 is 0 Å². The van der Waals surface area contributed by atoms with Gasteiger partial charge in [0.2, 0.25) is 11.9 Å². The van der Waals surface area contributed by atoms with Gasteiger partial charge in [-0.2, -0.15) is 0 Å². The second kappa shape index (κ2) is 13.0. The molecule has 7 nitrogen and oxygen atoms in total. The first-order valence-corrected chi connectivity index (χ1v) is 13.3. The lowest BCUT2D eigenvalue weighted by molar-refractivity contribution is -0.125. The number of aromatic nitrogens is 2. The number of aliphatic hydroxyl groups is 1. The minimum atomic E-state index is 0.0513. The topological polar surface area (TPSA) is 87.6 Å². The maximum atomic E-state index is 12.2. The maximum absolute atomic E-state index is 12.2. The van der Waals surface area contributed by atoms with Crippen molar-refractivity contribution < 1.29 is 14.6 Å². The van der Waals surface area contributed by atoms with E-state index in [0.29, 0.717) is 18.9 Å². The number of allylic oxidation sites excluding steroid dienone is 4. The average molecular weight is 481 g/mol. The minimum absolute atomic E-state index is 0.0513. The van der Waals surface area contributed by atoms with Crippen LogP contribution in [0.25, 0.3) is 0 Å². The zero-order chi connectivity index (χ0) is 24.5. The predicted octanol–water partition coefficient (Wildman–Crippen LogP) is 3.75. The van der Waals surface area contributed by atoms with Gasteiger partial charge in [-0.3, -0.25) is 4.79 Å². The fourth-order valence-electron chi connectivity index (χ4n) is 4.99. The molecule has 7 heteroatoms. The number of rotatable bonds is 10. The summed E-state index contributed by atoms with van der Waals surface area (Å²) in [7, 11) is 0. The van der Waals surface area contributed by atoms with Gasteiger partial charge in [-0.25, -0.2) is 9.97 Å². The molecule has 0 aromatic carbocycles. The van der Waals surface area contributed by atoms with E-state index in [1.807, 2.05) is 12.4 Å². The first-order valence-electron chi connectivity index (χ1n) is 13.3. The highest BCUT2D eigenvalue weighted by Crippen LogP contribution is 2.31. The number of piperidine rings is 1. The van der Waals surface area contributed by atoms with Gasteiger partial charge in [0.25, 0.3) is 0 Å². The minimum Gasteiger partial charge on any atom is -0.396 e. The van der Waals surface area contributed by atoms with Crippen molar-refractivity contribution in [1.82, 2.24) is 15.3 Å². The number of nitrogens with one attached hydrogen (secondary N) is 1. The highest BCUT2D eigenvalue weighted by molar-refractivity contribution is 5.79. The van der Waals surface area contributed by atoms with Crippen LogP contribution in [0, 0.1) is 11.8 Å². The third kappa shape index (κ3) is 7.24. The molecule has 2 N–H and O–H groups in total. The van der Waals surface area contributed by atoms with Crippen LogP contribution in [0.4, 0.5) is 5.95 Å². The van der Waals surface area contributed by atoms with E-state index in [2.05, 4.69) is 51.4 Å². The Labute approximate surface area is 209 Å². The highest BCUT2D eigenvalue weighted by atomic mass is 16.5. The molecular weight excluding hydrogens is 440 g/mol. The number of carbonyl (C=O) groups excluding carboxylic acids is 1. The van der Waals surface area contributed by atoms with E-state index in [1.165, 1.54) is 16.7 Å². The standard InChI is InChI=1S/C28H40N4O3/c1-2-21-18-30-28(31-19-21)32-15-12-22(13-16-32)20-35-26-10-8-24(9-11-26)23-4-6-25(7-5-23)27(34)29-14-3-17-33/h4,8-10,18-19,22,25-26,33H,2-3,5-7,11-17,20H2,1H3,(H,29,34). The number of amides is 1. The van der Waals surface area contributed by atoms with Crippen LogP contribution in [0.3, 0.4) is 0 Å². The van der Waals surface area contributed by atoms with Crippen molar-refractivity contribution in [2.45, 2.75) is 64.4 Å². The molecule has 1 fully saturated rings. The molecule has 0 saturated carbocycles. The van der Waals surface area contributed by atoms with E-state index in [9.17, 15) is 4.79 Å². The van der Waals surface area contributed by atoms with Gasteiger partial charge in [0, 0.05) is 44.6 Å². The van der Waals surface area contributed by atoms with E-state index in [-0.39, 0.29) is 24.5 Å². The fraction of sp³-hybridized carbons (Fsp3) is 0.607. The number of hydrogen-bond donors (Lipinski definition) is 2. The third-order valence-corrected chi connectivity index (χ3v) is 7.39. The van der Waals surface area contributed by atoms with Crippen LogP contribution in [0.15, 0.2) is 47.8 Å². The molecular formula is C28H40N4O3. The Balaban J connectivity index is 1.15. The number of nitrogens with zero attached hydrogens (tertiary/aromatic N) is 3. The summed E-state index contributed by atoms with van der Waals surface area (Å²) in [5, 5.41) is 11.8. The maximum Gasteiger partial charge on any atom is 0.225 e. The Hall–Kier alpha value is -2.51. The molecule has 1 aromatic heterocycles. The molecule has 1 aliphatic heterocycles. The quantitative estimate of drug-likeness (QED) is 0.496. The highest BCUT2D eigenvalue weighted by Gasteiger charge is 2.24. The van der Waals surface area contributed by atoms with Crippen molar-refractivity contribution >= 4 is 11.9 Å². The zero-order valence-electron chi connectivity index (χ0n) is 21.0. The Morgan fingerprint density at radius 3 is 2.60 bits per heavy atom. The lowest BCUT2D eigenvalue weighted by atomic mass is 9.84. The summed E-state index contributed by atoms with van der Waals surface area (Å²) in [5.41, 5.74) is 3.81. The smallest absolute Gasteiger partial charge is 0.225 e. The zero-order valence-corrected chi connectivity index (χ0v) is 21.0. The molecule has 1 aromatic rings. The summed E-state index contributed by atoms with van der Waals surface area (Å²) in [6.45, 7) is 5.56. The van der Waals surface area contributed by atoms with E-state index in [0.717, 1.165) is 70.6 Å². The SMILES string of the molecule is CCc1cnc(N2CCC(COC3C=CC(C4=CCC(C(=O)NCCCO)CC4)=CC3)CC2)nc1. The lowest BCUT2D eigenvalue weighted by Gasteiger charge is -2.32. The monoisotopic (exact) mass is 480 g/mol. The molecule has 2 heterocycles. The van der Waals surface area contributed by atoms with Crippen LogP contribution in [0.1, 0.15) is 57.4 Å². The lowest BCUT2D eigenvalue weighted by Crippen LogP contribution is -2.36. The molecule has 3 aliphatic rings. The van der Waals surface area contributed by atoms with Gasteiger partial charge in [-0.05, 0) is 74.0 Å². The first kappa shape index (κ1) is 25.6. The molecule has 0 bridgehead atoms. The molecule has 190 valence electrons. The second-order valence-corrected chi connectivity index (χ2v) is 9.87. The van der Waals surface area contributed by atoms with Crippen LogP contribution in [0.5, 0.6) is 0 Å². The predicted molar refractivity (Wildman–Crippen MR) is 138 cm³/mol. The fourth-order valence-corrected chi connectivity index (χ4v) is 4.99. The average Bonchev–Trinajstić information content (AvgIpc) is 2.93. The van der Waals surface area contributed by atoms with Crippen molar-refractivity contribution in [3.05, 3.63) is 53.4 Å². The van der Waals surface area contributed by atoms with E-state index in [1.54, 1.807) is 0 Å². The van der Waals surface area contributed by atoms with Crippen LogP contribution in [-0.4, -0.2) is 59.9 Å². The van der Waals surface area contributed by atoms with Crippen LogP contribution in [-0.2, 0) is 16.0 Å². The number of aryl methyl sites for hydroxylation is 1. The summed E-state index contributed by atoms with van der Waals surface area (Å²) in [4.78, 5) is 23.6. The van der Waals surface area contributed by atoms with Gasteiger partial charge < -0.3 is 20.1 Å². The first-order chi connectivity index (χ1) is 17.2. The van der Waals surface area contributed by atoms with Crippen molar-refractivity contribution in [1.29, 1.82) is 0 Å². The molecule has 2 atom stereocenters. The van der Waals surface area contributed by atoms with Gasteiger partial charge >= 0.3 is 0 Å². The molecule has 1 amide bonds. The second-order valence-electron chi connectivity index (χ2n) is 9.87. The van der Waals surface area contributed by atoms with Gasteiger partial charge in [-0.1, -0.05) is 31.2 Å². The number of ether oxygens (including phenoxy) is 1. The van der Waals surface area contributed by atoms with Crippen LogP contribution >= 0.6 is 0 Å². The van der Waals surface area contributed by atoms with Crippen molar-refractivity contribution in [3.8, 4) is 0 Å². The Kier molecular flexibility index (Phi) is 9.49. The van der Waals surface area contributed by atoms with Gasteiger partial charge in [0.1, 0.15) is 0 Å². The van der Waals surface area contributed by atoms with Crippen molar-refractivity contribution in [2.24, 2.45) is 11.8 Å². The number of carbonyl (C=O) groups is 1. The summed E-state index contributed by atoms with van der Waals surface area (Å²) in [5.74, 6) is 1.60. The summed E-state index contributed by atoms with van der Waals surface area (Å²) in [6, 6.07) is 0. The summed E-state index contributed by atoms with van der Waals surface area (Å²) < 4.78 is 6.25. The van der Waals surface area contributed by atoms with Crippen LogP contribution in [0.2, 0.25) is 0 Å².